The number of amides is 2. The molecule has 8 rings (SSSR count). The van der Waals surface area contributed by atoms with Crippen molar-refractivity contribution in [2.75, 3.05) is 49.4 Å². The molecule has 19 heteroatoms. The van der Waals surface area contributed by atoms with E-state index in [9.17, 15) is 37.6 Å². The van der Waals surface area contributed by atoms with Gasteiger partial charge in [-0.1, -0.05) is 51.1 Å². The summed E-state index contributed by atoms with van der Waals surface area (Å²) < 4.78 is 65.0. The molecule has 402 valence electrons. The number of benzene rings is 4. The standard InChI is InChI=1S/C58H59F3N6O8S2/c1-33(2)49(45-27-36-9-8-10-47(63-7)50(36)52(45)69)51(68)43-25-34(3)26-44(43)54(70)64-31-39-12-11-37(53-35(4)65-32-77-53)28-48(39)75-24-22-73-20-19-72-21-23-74-42-17-15-40(16-18-42)67-56(76)66(55(71)57(67,5)6)41-14-13-38(30-62)46(29-41)58(59,60)61/h8-18,28-29,32-34,43-45,49H,19-27,31H2,1-6H3,(H,64,70)/t34-,43?,44+,45?,49+/m0/s1. The number of nitrogens with one attached hydrogen (secondary N) is 1. The number of alkyl halides is 3. The summed E-state index contributed by atoms with van der Waals surface area (Å²) in [7, 11) is 0. The molecule has 0 radical (unpaired) electrons. The number of carbonyl (C=O) groups is 4. The van der Waals surface area contributed by atoms with Crippen molar-refractivity contribution < 1.29 is 51.3 Å². The second-order valence-electron chi connectivity index (χ2n) is 20.4. The number of aromatic nitrogens is 1. The van der Waals surface area contributed by atoms with Crippen molar-refractivity contribution in [1.82, 2.24) is 10.3 Å². The molecule has 2 amide bonds. The summed E-state index contributed by atoms with van der Waals surface area (Å²) in [6.45, 7) is 20.4. The molecule has 0 spiro atoms. The second-order valence-corrected chi connectivity index (χ2v) is 21.7. The lowest BCUT2D eigenvalue weighted by Gasteiger charge is -2.29. The SMILES string of the molecule is [C-]#[N+]c1cccc2c1C(=O)C([C@H](C(=O)C1C[C@H](C)C[C@H]1C(=O)NCc1ccc(-c3scnc3C)cc1OCCOCCOCCOc1ccc(N3C(=S)N(c4ccc(C#N)c(C(F)(F)F)c4)C(=O)C3(C)C)cc1)C(C)C)C2. The van der Waals surface area contributed by atoms with Crippen LogP contribution in [0.15, 0.2) is 84.4 Å². The van der Waals surface area contributed by atoms with Gasteiger partial charge >= 0.3 is 6.18 Å². The van der Waals surface area contributed by atoms with Crippen LogP contribution in [0.2, 0.25) is 0 Å². The van der Waals surface area contributed by atoms with E-state index < -0.39 is 52.4 Å². The Balaban J connectivity index is 0.803. The number of thiazole rings is 1. The molecule has 1 saturated heterocycles. The van der Waals surface area contributed by atoms with E-state index in [4.69, 9.17) is 37.7 Å². The summed E-state index contributed by atoms with van der Waals surface area (Å²) >= 11 is 7.16. The summed E-state index contributed by atoms with van der Waals surface area (Å²) in [6, 6.07) is 22.5. The Morgan fingerprint density at radius 1 is 0.948 bits per heavy atom. The molecular formula is C58H59F3N6O8S2. The first kappa shape index (κ1) is 56.2. The Morgan fingerprint density at radius 3 is 2.27 bits per heavy atom. The molecule has 4 aromatic carbocycles. The maximum absolute atomic E-state index is 14.6. The summed E-state index contributed by atoms with van der Waals surface area (Å²) in [5.74, 6) is -2.14. The monoisotopic (exact) mass is 1090 g/mol. The number of carbonyl (C=O) groups excluding carboxylic acids is 4. The maximum atomic E-state index is 14.6. The van der Waals surface area contributed by atoms with Crippen molar-refractivity contribution in [2.24, 2.45) is 35.5 Å². The van der Waals surface area contributed by atoms with Gasteiger partial charge in [-0.3, -0.25) is 24.1 Å². The number of thiocarbonyl (C=S) groups is 1. The van der Waals surface area contributed by atoms with Gasteiger partial charge in [0.05, 0.1) is 72.0 Å². The number of Topliss-reactive ketones (excluding diaryl/α,β-unsaturated/α-hetero) is 2. The lowest BCUT2D eigenvalue weighted by molar-refractivity contribution is -0.137. The molecule has 2 unspecified atom stereocenters. The zero-order chi connectivity index (χ0) is 55.3. The minimum atomic E-state index is -4.81. The number of halogens is 3. The number of ether oxygens (including phenoxy) is 4. The molecular weight excluding hydrogens is 1030 g/mol. The van der Waals surface area contributed by atoms with E-state index in [-0.39, 0.29) is 86.3 Å². The fraction of sp³-hybridized carbons (Fsp3) is 0.414. The Hall–Kier alpha value is -7.03. The topological polar surface area (TPSA) is 165 Å². The highest BCUT2D eigenvalue weighted by Crippen LogP contribution is 2.46. The Morgan fingerprint density at radius 2 is 1.62 bits per heavy atom. The number of nitriles is 1. The van der Waals surface area contributed by atoms with Gasteiger partial charge in [-0.25, -0.2) is 9.83 Å². The molecule has 2 heterocycles. The minimum Gasteiger partial charge on any atom is -0.491 e. The van der Waals surface area contributed by atoms with Crippen molar-refractivity contribution in [2.45, 2.75) is 79.1 Å². The van der Waals surface area contributed by atoms with Gasteiger partial charge in [-0.15, -0.1) is 11.3 Å². The van der Waals surface area contributed by atoms with Crippen LogP contribution in [0.3, 0.4) is 0 Å². The highest BCUT2D eigenvalue weighted by atomic mass is 32.1. The van der Waals surface area contributed by atoms with E-state index in [1.807, 2.05) is 45.0 Å². The van der Waals surface area contributed by atoms with Gasteiger partial charge in [0.15, 0.2) is 16.6 Å². The van der Waals surface area contributed by atoms with Crippen molar-refractivity contribution in [3.63, 3.8) is 0 Å². The number of ketones is 2. The van der Waals surface area contributed by atoms with Crippen molar-refractivity contribution in [1.29, 1.82) is 5.26 Å². The van der Waals surface area contributed by atoms with Gasteiger partial charge < -0.3 is 29.2 Å². The van der Waals surface area contributed by atoms with Gasteiger partial charge in [-0.05, 0) is 124 Å². The van der Waals surface area contributed by atoms with E-state index in [0.29, 0.717) is 47.7 Å². The Kier molecular flexibility index (Phi) is 17.3. The zero-order valence-corrected chi connectivity index (χ0v) is 45.2. The van der Waals surface area contributed by atoms with Crippen LogP contribution < -0.4 is 24.6 Å². The third-order valence-electron chi connectivity index (χ3n) is 14.6. The number of fused-ring (bicyclic) bond motifs is 1. The normalized spacial score (nSPS) is 19.3. The number of anilines is 2. The smallest absolute Gasteiger partial charge is 0.417 e. The molecule has 1 saturated carbocycles. The van der Waals surface area contributed by atoms with E-state index in [1.54, 1.807) is 66.7 Å². The lowest BCUT2D eigenvalue weighted by Crippen LogP contribution is -2.44. The molecule has 1 N–H and O–H groups in total. The average Bonchev–Trinajstić information content (AvgIpc) is 4.28. The summed E-state index contributed by atoms with van der Waals surface area (Å²) in [6.07, 6.45) is -3.30. The van der Waals surface area contributed by atoms with Crippen LogP contribution >= 0.6 is 23.6 Å². The summed E-state index contributed by atoms with van der Waals surface area (Å²) in [5.41, 5.74) is 3.33. The maximum Gasteiger partial charge on any atom is 0.417 e. The molecule has 1 aromatic heterocycles. The zero-order valence-electron chi connectivity index (χ0n) is 43.6. The van der Waals surface area contributed by atoms with Crippen LogP contribution in [0, 0.1) is 60.3 Å². The van der Waals surface area contributed by atoms with Gasteiger partial charge in [0, 0.05) is 47.0 Å². The number of hydrogen-bond acceptors (Lipinski definition) is 12. The van der Waals surface area contributed by atoms with Crippen LogP contribution in [-0.2, 0) is 43.0 Å². The van der Waals surface area contributed by atoms with Crippen molar-refractivity contribution in [3.05, 3.63) is 129 Å². The number of rotatable bonds is 21. The molecule has 3 aliphatic rings. The Bertz CT molecular complexity index is 3150. The average molecular weight is 1090 g/mol. The van der Waals surface area contributed by atoms with Crippen LogP contribution in [0.1, 0.15) is 85.8 Å². The summed E-state index contributed by atoms with van der Waals surface area (Å²) in [4.78, 5) is 67.7. The first-order valence-corrected chi connectivity index (χ1v) is 26.7. The van der Waals surface area contributed by atoms with E-state index >= 15 is 0 Å². The van der Waals surface area contributed by atoms with Crippen LogP contribution in [-0.4, -0.2) is 78.7 Å². The van der Waals surface area contributed by atoms with E-state index in [2.05, 4.69) is 22.1 Å². The largest absolute Gasteiger partial charge is 0.491 e. The molecule has 77 heavy (non-hydrogen) atoms. The van der Waals surface area contributed by atoms with Gasteiger partial charge in [0.25, 0.3) is 5.91 Å². The Labute approximate surface area is 455 Å². The highest BCUT2D eigenvalue weighted by molar-refractivity contribution is 7.81. The van der Waals surface area contributed by atoms with Crippen LogP contribution in [0.5, 0.6) is 11.5 Å². The number of hydrogen-bond donors (Lipinski definition) is 1. The molecule has 5 atom stereocenters. The molecule has 14 nitrogen and oxygen atoms in total. The fourth-order valence-corrected chi connectivity index (χ4v) is 12.2. The predicted octanol–water partition coefficient (Wildman–Crippen LogP) is 11.1. The van der Waals surface area contributed by atoms with Gasteiger partial charge in [0.2, 0.25) is 5.91 Å². The third-order valence-corrected chi connectivity index (χ3v) is 15.9. The molecule has 5 aromatic rings. The van der Waals surface area contributed by atoms with Crippen LogP contribution in [0.25, 0.3) is 15.3 Å². The fourth-order valence-electron chi connectivity index (χ4n) is 10.8. The minimum absolute atomic E-state index is 0.0165. The lowest BCUT2D eigenvalue weighted by atomic mass is 9.72. The molecule has 2 fully saturated rings. The third kappa shape index (κ3) is 11.9. The molecule has 2 aliphatic carbocycles. The highest BCUT2D eigenvalue weighted by Gasteiger charge is 2.51. The van der Waals surface area contributed by atoms with Crippen molar-refractivity contribution in [3.8, 4) is 28.0 Å². The second kappa shape index (κ2) is 23.7. The quantitative estimate of drug-likeness (QED) is 0.0421. The first-order valence-electron chi connectivity index (χ1n) is 25.4. The summed E-state index contributed by atoms with van der Waals surface area (Å²) in [5, 5.41) is 12.3. The number of nitrogens with zero attached hydrogens (tertiary/aromatic N) is 5. The van der Waals surface area contributed by atoms with Gasteiger partial charge in [-0.2, -0.15) is 18.4 Å². The van der Waals surface area contributed by atoms with Gasteiger partial charge in [0.1, 0.15) is 36.0 Å². The van der Waals surface area contributed by atoms with E-state index in [1.165, 1.54) is 17.4 Å². The molecule has 0 bridgehead atoms. The first-order chi connectivity index (χ1) is 36.7. The van der Waals surface area contributed by atoms with Crippen LogP contribution in [0.4, 0.5) is 30.2 Å². The van der Waals surface area contributed by atoms with E-state index in [0.717, 1.165) is 44.3 Å². The predicted molar refractivity (Wildman–Crippen MR) is 289 cm³/mol. The van der Waals surface area contributed by atoms with Crippen molar-refractivity contribution >= 4 is 69.1 Å². The number of aryl methyl sites for hydroxylation is 1. The molecule has 1 aliphatic heterocycles.